The predicted octanol–water partition coefficient (Wildman–Crippen LogP) is 3.34. The molecular formula is C17H20N2O2. The number of phenolic OH excluding ortho intramolecular Hbond substituents is 1. The van der Waals surface area contributed by atoms with Gasteiger partial charge in [-0.1, -0.05) is 6.92 Å². The Morgan fingerprint density at radius 2 is 1.86 bits per heavy atom. The molecule has 0 saturated carbocycles. The molecule has 0 spiro atoms. The van der Waals surface area contributed by atoms with Gasteiger partial charge in [0.2, 0.25) is 0 Å². The Morgan fingerprint density at radius 3 is 2.43 bits per heavy atom. The van der Waals surface area contributed by atoms with E-state index in [1.54, 1.807) is 42.2 Å². The van der Waals surface area contributed by atoms with Crippen molar-refractivity contribution in [2.45, 2.75) is 20.3 Å². The minimum Gasteiger partial charge on any atom is -0.508 e. The van der Waals surface area contributed by atoms with Crippen LogP contribution in [0.1, 0.15) is 29.3 Å². The molecule has 4 heteroatoms. The van der Waals surface area contributed by atoms with Gasteiger partial charge in [0.25, 0.3) is 5.91 Å². The van der Waals surface area contributed by atoms with Crippen LogP contribution < -0.4 is 10.6 Å². The van der Waals surface area contributed by atoms with Crippen molar-refractivity contribution in [1.82, 2.24) is 0 Å². The molecular weight excluding hydrogens is 264 g/mol. The van der Waals surface area contributed by atoms with Gasteiger partial charge in [-0.05, 0) is 61.4 Å². The normalized spacial score (nSPS) is 10.4. The van der Waals surface area contributed by atoms with Crippen LogP contribution in [0.2, 0.25) is 0 Å². The third kappa shape index (κ3) is 3.34. The second-order valence-electron chi connectivity index (χ2n) is 5.05. The van der Waals surface area contributed by atoms with Crippen molar-refractivity contribution in [1.29, 1.82) is 0 Å². The number of nitrogen functional groups attached to an aromatic ring is 1. The van der Waals surface area contributed by atoms with Gasteiger partial charge in [0.15, 0.2) is 0 Å². The first-order valence-corrected chi connectivity index (χ1v) is 7.00. The molecule has 0 radical (unpaired) electrons. The summed E-state index contributed by atoms with van der Waals surface area (Å²) in [6.07, 6.45) is 0.854. The van der Waals surface area contributed by atoms with Gasteiger partial charge >= 0.3 is 0 Å². The molecule has 110 valence electrons. The quantitative estimate of drug-likeness (QED) is 0.846. The van der Waals surface area contributed by atoms with Gasteiger partial charge in [-0.2, -0.15) is 0 Å². The number of carbonyl (C=O) groups excluding carboxylic acids is 1. The van der Waals surface area contributed by atoms with Crippen LogP contribution in [0.15, 0.2) is 42.5 Å². The molecule has 2 aromatic rings. The number of rotatable bonds is 4. The molecule has 21 heavy (non-hydrogen) atoms. The Bertz CT molecular complexity index is 636. The molecule has 0 bridgehead atoms. The Kier molecular flexibility index (Phi) is 4.48. The lowest BCUT2D eigenvalue weighted by Gasteiger charge is -2.22. The van der Waals surface area contributed by atoms with E-state index in [9.17, 15) is 9.90 Å². The van der Waals surface area contributed by atoms with Crippen LogP contribution in [0.3, 0.4) is 0 Å². The van der Waals surface area contributed by atoms with E-state index in [2.05, 4.69) is 0 Å². The molecule has 0 atom stereocenters. The maximum absolute atomic E-state index is 12.7. The zero-order valence-corrected chi connectivity index (χ0v) is 12.3. The van der Waals surface area contributed by atoms with Gasteiger partial charge < -0.3 is 15.7 Å². The van der Waals surface area contributed by atoms with E-state index in [0.29, 0.717) is 23.4 Å². The monoisotopic (exact) mass is 284 g/mol. The molecule has 0 aromatic heterocycles. The summed E-state index contributed by atoms with van der Waals surface area (Å²) in [5.41, 5.74) is 8.44. The van der Waals surface area contributed by atoms with Crippen molar-refractivity contribution in [3.05, 3.63) is 53.6 Å². The van der Waals surface area contributed by atoms with Gasteiger partial charge in [0.1, 0.15) is 5.75 Å². The number of benzene rings is 2. The molecule has 0 saturated heterocycles. The number of hydrogen-bond acceptors (Lipinski definition) is 3. The summed E-state index contributed by atoms with van der Waals surface area (Å²) in [7, 11) is 0. The van der Waals surface area contributed by atoms with Crippen LogP contribution >= 0.6 is 0 Å². The molecule has 0 heterocycles. The van der Waals surface area contributed by atoms with Gasteiger partial charge in [0.05, 0.1) is 0 Å². The summed E-state index contributed by atoms with van der Waals surface area (Å²) in [6.45, 7) is 4.43. The first-order chi connectivity index (χ1) is 10.0. The van der Waals surface area contributed by atoms with Crippen molar-refractivity contribution >= 4 is 17.3 Å². The Morgan fingerprint density at radius 1 is 1.19 bits per heavy atom. The van der Waals surface area contributed by atoms with Gasteiger partial charge in [-0.15, -0.1) is 0 Å². The maximum atomic E-state index is 12.7. The van der Waals surface area contributed by atoms with Crippen molar-refractivity contribution in [3.63, 3.8) is 0 Å². The SMILES string of the molecule is CCCN(C(=O)c1ccc(O)c(C)c1)c1ccc(N)cc1. The van der Waals surface area contributed by atoms with E-state index in [4.69, 9.17) is 5.73 Å². The molecule has 0 aliphatic rings. The van der Waals surface area contributed by atoms with Crippen LogP contribution in [0.5, 0.6) is 5.75 Å². The third-order valence-corrected chi connectivity index (χ3v) is 3.34. The fraction of sp³-hybridized carbons (Fsp3) is 0.235. The lowest BCUT2D eigenvalue weighted by Crippen LogP contribution is -2.31. The van der Waals surface area contributed by atoms with E-state index in [-0.39, 0.29) is 11.7 Å². The summed E-state index contributed by atoms with van der Waals surface area (Å²) in [6, 6.07) is 12.2. The topological polar surface area (TPSA) is 66.6 Å². The number of nitrogens with two attached hydrogens (primary N) is 1. The smallest absolute Gasteiger partial charge is 0.258 e. The molecule has 4 nitrogen and oxygen atoms in total. The van der Waals surface area contributed by atoms with Crippen molar-refractivity contribution in [2.75, 3.05) is 17.2 Å². The summed E-state index contributed by atoms with van der Waals surface area (Å²) in [5, 5.41) is 9.58. The standard InChI is InChI=1S/C17H20N2O2/c1-3-10-19(15-7-5-14(18)6-8-15)17(21)13-4-9-16(20)12(2)11-13/h4-9,11,20H,3,10,18H2,1-2H3. The second kappa shape index (κ2) is 6.31. The molecule has 2 rings (SSSR count). The first-order valence-electron chi connectivity index (χ1n) is 7.00. The molecule has 0 unspecified atom stereocenters. The van der Waals surface area contributed by atoms with E-state index in [1.807, 2.05) is 19.1 Å². The molecule has 3 N–H and O–H groups in total. The zero-order chi connectivity index (χ0) is 15.4. The molecule has 1 amide bonds. The van der Waals surface area contributed by atoms with E-state index >= 15 is 0 Å². The van der Waals surface area contributed by atoms with Crippen molar-refractivity contribution < 1.29 is 9.90 Å². The number of amides is 1. The molecule has 0 aliphatic carbocycles. The van der Waals surface area contributed by atoms with Gasteiger partial charge in [-0.25, -0.2) is 0 Å². The maximum Gasteiger partial charge on any atom is 0.258 e. The largest absolute Gasteiger partial charge is 0.508 e. The lowest BCUT2D eigenvalue weighted by molar-refractivity contribution is 0.0987. The first kappa shape index (κ1) is 14.9. The van der Waals surface area contributed by atoms with Crippen LogP contribution in [0.4, 0.5) is 11.4 Å². The average molecular weight is 284 g/mol. The highest BCUT2D eigenvalue weighted by Gasteiger charge is 2.17. The van der Waals surface area contributed by atoms with E-state index < -0.39 is 0 Å². The fourth-order valence-corrected chi connectivity index (χ4v) is 2.17. The minimum atomic E-state index is -0.0790. The van der Waals surface area contributed by atoms with Crippen LogP contribution in [0.25, 0.3) is 0 Å². The second-order valence-corrected chi connectivity index (χ2v) is 5.05. The van der Waals surface area contributed by atoms with Crippen LogP contribution in [-0.2, 0) is 0 Å². The highest BCUT2D eigenvalue weighted by molar-refractivity contribution is 6.06. The summed E-state index contributed by atoms with van der Waals surface area (Å²) < 4.78 is 0. The molecule has 2 aromatic carbocycles. The average Bonchev–Trinajstić information content (AvgIpc) is 2.48. The number of hydrogen-bond donors (Lipinski definition) is 2. The number of aromatic hydroxyl groups is 1. The minimum absolute atomic E-state index is 0.0790. The number of carbonyl (C=O) groups is 1. The summed E-state index contributed by atoms with van der Waals surface area (Å²) in [5.74, 6) is 0.116. The van der Waals surface area contributed by atoms with Crippen LogP contribution in [-0.4, -0.2) is 17.6 Å². The predicted molar refractivity (Wildman–Crippen MR) is 85.7 cm³/mol. The van der Waals surface area contributed by atoms with Crippen molar-refractivity contribution in [3.8, 4) is 5.75 Å². The molecule has 0 fully saturated rings. The Labute approximate surface area is 124 Å². The summed E-state index contributed by atoms with van der Waals surface area (Å²) >= 11 is 0. The van der Waals surface area contributed by atoms with Gasteiger partial charge in [0, 0.05) is 23.5 Å². The zero-order valence-electron chi connectivity index (χ0n) is 12.3. The number of anilines is 2. The number of nitrogens with zero attached hydrogens (tertiary/aromatic N) is 1. The van der Waals surface area contributed by atoms with Crippen LogP contribution in [0, 0.1) is 6.92 Å². The number of aryl methyl sites for hydroxylation is 1. The number of phenols is 1. The van der Waals surface area contributed by atoms with Crippen molar-refractivity contribution in [2.24, 2.45) is 0 Å². The van der Waals surface area contributed by atoms with E-state index in [0.717, 1.165) is 12.1 Å². The Hall–Kier alpha value is -2.49. The third-order valence-electron chi connectivity index (χ3n) is 3.34. The highest BCUT2D eigenvalue weighted by atomic mass is 16.3. The fourth-order valence-electron chi connectivity index (χ4n) is 2.17. The highest BCUT2D eigenvalue weighted by Crippen LogP contribution is 2.22. The van der Waals surface area contributed by atoms with E-state index in [1.165, 1.54) is 0 Å². The Balaban J connectivity index is 2.34. The summed E-state index contributed by atoms with van der Waals surface area (Å²) in [4.78, 5) is 14.4. The lowest BCUT2D eigenvalue weighted by atomic mass is 10.1. The molecule has 0 aliphatic heterocycles. The van der Waals surface area contributed by atoms with Gasteiger partial charge in [-0.3, -0.25) is 4.79 Å².